The summed E-state index contributed by atoms with van der Waals surface area (Å²) in [4.78, 5) is 38.1. The third kappa shape index (κ3) is 5.64. The molecule has 0 aliphatic carbocycles. The summed E-state index contributed by atoms with van der Waals surface area (Å²) in [5, 5.41) is 3.95. The smallest absolute Gasteiger partial charge is 0.331 e. The van der Waals surface area contributed by atoms with E-state index in [0.717, 1.165) is 5.56 Å². The molecule has 3 rings (SSSR count). The van der Waals surface area contributed by atoms with Crippen molar-refractivity contribution in [1.82, 2.24) is 14.5 Å². The second kappa shape index (κ2) is 10.4. The number of nitrogens with zero attached hydrogens (tertiary/aromatic N) is 2. The third-order valence-corrected chi connectivity index (χ3v) is 5.53. The van der Waals surface area contributed by atoms with Crippen LogP contribution in [0.4, 0.5) is 0 Å². The number of hydrogen-bond acceptors (Lipinski definition) is 3. The Bertz CT molecular complexity index is 1180. The molecule has 164 valence electrons. The molecule has 1 heterocycles. The number of halogens is 1. The van der Waals surface area contributed by atoms with Crippen molar-refractivity contribution in [3.05, 3.63) is 80.0 Å². The van der Waals surface area contributed by atoms with Gasteiger partial charge in [-0.15, -0.1) is 0 Å². The molecule has 3 aromatic rings. The molecule has 0 saturated heterocycles. The number of carbonyl (C=O) groups is 1. The highest BCUT2D eigenvalue weighted by Gasteiger charge is 2.14. The van der Waals surface area contributed by atoms with E-state index in [2.05, 4.69) is 5.32 Å². The maximum atomic E-state index is 13.2. The topological polar surface area (TPSA) is 73.1 Å². The number of carbonyl (C=O) groups excluding carboxylic acids is 1. The highest BCUT2D eigenvalue weighted by molar-refractivity contribution is 6.31. The van der Waals surface area contributed by atoms with Crippen molar-refractivity contribution in [2.75, 3.05) is 6.54 Å². The van der Waals surface area contributed by atoms with E-state index in [4.69, 9.17) is 11.6 Å². The number of benzene rings is 2. The predicted molar refractivity (Wildman–Crippen MR) is 125 cm³/mol. The van der Waals surface area contributed by atoms with Gasteiger partial charge in [0.1, 0.15) is 0 Å². The lowest BCUT2D eigenvalue weighted by atomic mass is 10.2. The molecule has 1 aromatic heterocycles. The van der Waals surface area contributed by atoms with Crippen molar-refractivity contribution in [3.8, 4) is 0 Å². The third-order valence-electron chi connectivity index (χ3n) is 5.16. The van der Waals surface area contributed by atoms with Gasteiger partial charge in [0.2, 0.25) is 5.91 Å². The lowest BCUT2D eigenvalue weighted by Gasteiger charge is -2.15. The van der Waals surface area contributed by atoms with Gasteiger partial charge in [0, 0.05) is 24.5 Å². The van der Waals surface area contributed by atoms with Crippen LogP contribution in [0.15, 0.2) is 58.1 Å². The maximum absolute atomic E-state index is 13.2. The Hall–Kier alpha value is -2.86. The molecule has 0 unspecified atom stereocenters. The van der Waals surface area contributed by atoms with E-state index >= 15 is 0 Å². The average molecular weight is 442 g/mol. The fourth-order valence-corrected chi connectivity index (χ4v) is 3.68. The number of nitrogens with one attached hydrogen (secondary N) is 1. The molecular weight excluding hydrogens is 414 g/mol. The quantitative estimate of drug-likeness (QED) is 0.513. The molecule has 1 N–H and O–H groups in total. The van der Waals surface area contributed by atoms with Crippen LogP contribution in [-0.2, 0) is 17.9 Å². The standard InChI is InChI=1S/C24H28ClN3O3/c1-17(2)15-26-22(29)13-7-8-14-27-23(30)19-10-4-6-12-21(19)28(24(27)31)16-18-9-3-5-11-20(18)25/h3-6,9-12,17H,7-8,13-16H2,1-2H3,(H,26,29). The zero-order chi connectivity index (χ0) is 22.4. The van der Waals surface area contributed by atoms with Gasteiger partial charge in [0.15, 0.2) is 0 Å². The monoisotopic (exact) mass is 441 g/mol. The molecule has 0 aliphatic heterocycles. The Labute approximate surface area is 186 Å². The second-order valence-corrected chi connectivity index (χ2v) is 8.50. The van der Waals surface area contributed by atoms with Gasteiger partial charge >= 0.3 is 5.69 Å². The number of unbranched alkanes of at least 4 members (excludes halogenated alkanes) is 1. The van der Waals surface area contributed by atoms with Crippen LogP contribution in [0.3, 0.4) is 0 Å². The summed E-state index contributed by atoms with van der Waals surface area (Å²) in [5.41, 5.74) is 0.721. The molecule has 0 aliphatic rings. The molecule has 0 fully saturated rings. The Morgan fingerprint density at radius 3 is 2.45 bits per heavy atom. The van der Waals surface area contributed by atoms with Crippen LogP contribution in [0, 0.1) is 5.92 Å². The van der Waals surface area contributed by atoms with Crippen LogP contribution in [0.25, 0.3) is 10.9 Å². The minimum atomic E-state index is -0.368. The summed E-state index contributed by atoms with van der Waals surface area (Å²) >= 11 is 6.30. The predicted octanol–water partition coefficient (Wildman–Crippen LogP) is 3.81. The van der Waals surface area contributed by atoms with Crippen molar-refractivity contribution in [3.63, 3.8) is 0 Å². The van der Waals surface area contributed by atoms with Crippen molar-refractivity contribution < 1.29 is 4.79 Å². The molecule has 0 bridgehead atoms. The van der Waals surface area contributed by atoms with Crippen molar-refractivity contribution in [1.29, 1.82) is 0 Å². The SMILES string of the molecule is CC(C)CNC(=O)CCCCn1c(=O)c2ccccc2n(Cc2ccccc2Cl)c1=O. The van der Waals surface area contributed by atoms with Crippen molar-refractivity contribution >= 4 is 28.4 Å². The van der Waals surface area contributed by atoms with Crippen molar-refractivity contribution in [2.45, 2.75) is 46.2 Å². The van der Waals surface area contributed by atoms with E-state index in [0.29, 0.717) is 47.7 Å². The van der Waals surface area contributed by atoms with E-state index in [1.807, 2.05) is 38.1 Å². The minimum Gasteiger partial charge on any atom is -0.356 e. The Kier molecular flexibility index (Phi) is 7.69. The van der Waals surface area contributed by atoms with Gasteiger partial charge in [-0.2, -0.15) is 0 Å². The highest BCUT2D eigenvalue weighted by atomic mass is 35.5. The van der Waals surface area contributed by atoms with Crippen LogP contribution in [0.5, 0.6) is 0 Å². The second-order valence-electron chi connectivity index (χ2n) is 8.09. The first-order valence-electron chi connectivity index (χ1n) is 10.6. The van der Waals surface area contributed by atoms with Gasteiger partial charge in [0.25, 0.3) is 5.56 Å². The van der Waals surface area contributed by atoms with Crippen LogP contribution in [-0.4, -0.2) is 21.6 Å². The highest BCUT2D eigenvalue weighted by Crippen LogP contribution is 2.17. The zero-order valence-corrected chi connectivity index (χ0v) is 18.7. The zero-order valence-electron chi connectivity index (χ0n) is 17.9. The van der Waals surface area contributed by atoms with Crippen LogP contribution in [0.2, 0.25) is 5.02 Å². The van der Waals surface area contributed by atoms with E-state index in [1.165, 1.54) is 4.57 Å². The maximum Gasteiger partial charge on any atom is 0.331 e. The summed E-state index contributed by atoms with van der Waals surface area (Å²) < 4.78 is 2.86. The lowest BCUT2D eigenvalue weighted by molar-refractivity contribution is -0.121. The van der Waals surface area contributed by atoms with Gasteiger partial charge < -0.3 is 5.32 Å². The van der Waals surface area contributed by atoms with Gasteiger partial charge in [-0.1, -0.05) is 55.8 Å². The lowest BCUT2D eigenvalue weighted by Crippen LogP contribution is -2.40. The Morgan fingerprint density at radius 1 is 1.00 bits per heavy atom. The molecule has 0 spiro atoms. The summed E-state index contributed by atoms with van der Waals surface area (Å²) in [6, 6.07) is 14.5. The van der Waals surface area contributed by atoms with Crippen LogP contribution in [0.1, 0.15) is 38.7 Å². The van der Waals surface area contributed by atoms with Gasteiger partial charge in [-0.05, 0) is 42.5 Å². The first-order chi connectivity index (χ1) is 14.9. The van der Waals surface area contributed by atoms with Gasteiger partial charge in [-0.25, -0.2) is 4.79 Å². The summed E-state index contributed by atoms with van der Waals surface area (Å²) in [6.07, 6.45) is 1.55. The molecule has 2 aromatic carbocycles. The molecule has 0 radical (unpaired) electrons. The number of rotatable bonds is 9. The van der Waals surface area contributed by atoms with E-state index in [9.17, 15) is 14.4 Å². The number of amides is 1. The first-order valence-corrected chi connectivity index (χ1v) is 11.0. The number of aromatic nitrogens is 2. The molecule has 0 saturated carbocycles. The number of para-hydroxylation sites is 1. The normalized spacial score (nSPS) is 11.2. The van der Waals surface area contributed by atoms with Crippen molar-refractivity contribution in [2.24, 2.45) is 5.92 Å². The average Bonchev–Trinajstić information content (AvgIpc) is 2.75. The Morgan fingerprint density at radius 2 is 1.71 bits per heavy atom. The Balaban J connectivity index is 1.83. The fraction of sp³-hybridized carbons (Fsp3) is 0.375. The van der Waals surface area contributed by atoms with Crippen LogP contribution < -0.4 is 16.6 Å². The van der Waals surface area contributed by atoms with E-state index < -0.39 is 0 Å². The number of fused-ring (bicyclic) bond motifs is 1. The molecule has 6 nitrogen and oxygen atoms in total. The molecule has 1 amide bonds. The van der Waals surface area contributed by atoms with Gasteiger partial charge in [0.05, 0.1) is 17.4 Å². The largest absolute Gasteiger partial charge is 0.356 e. The van der Waals surface area contributed by atoms with E-state index in [1.54, 1.807) is 28.8 Å². The molecule has 7 heteroatoms. The molecular formula is C24H28ClN3O3. The molecule has 31 heavy (non-hydrogen) atoms. The fourth-order valence-electron chi connectivity index (χ4n) is 3.48. The number of hydrogen-bond donors (Lipinski definition) is 1. The van der Waals surface area contributed by atoms with Crippen LogP contribution >= 0.6 is 11.6 Å². The first kappa shape index (κ1) is 22.8. The summed E-state index contributed by atoms with van der Waals surface area (Å²) in [6.45, 7) is 5.27. The molecule has 0 atom stereocenters. The minimum absolute atomic E-state index is 0.00399. The van der Waals surface area contributed by atoms with E-state index in [-0.39, 0.29) is 30.2 Å². The summed E-state index contributed by atoms with van der Waals surface area (Å²) in [7, 11) is 0. The van der Waals surface area contributed by atoms with Gasteiger partial charge in [-0.3, -0.25) is 18.7 Å². The summed E-state index contributed by atoms with van der Waals surface area (Å²) in [5.74, 6) is 0.396.